The molecule has 0 aliphatic carbocycles. The largest absolute Gasteiger partial charge is 0.504 e. The first-order valence-corrected chi connectivity index (χ1v) is 12.3. The Labute approximate surface area is 182 Å². The number of thioether (sulfide) groups is 1. The Morgan fingerprint density at radius 2 is 1.87 bits per heavy atom. The van der Waals surface area contributed by atoms with Gasteiger partial charge in [-0.05, 0) is 24.3 Å². The predicted octanol–water partition coefficient (Wildman–Crippen LogP) is 1.32. The van der Waals surface area contributed by atoms with Gasteiger partial charge >= 0.3 is 0 Å². The molecule has 12 heteroatoms. The second-order valence-corrected chi connectivity index (χ2v) is 10.5. The topological polar surface area (TPSA) is 125 Å². The lowest BCUT2D eigenvalue weighted by Gasteiger charge is -2.27. The molecule has 0 bridgehead atoms. The van der Waals surface area contributed by atoms with Crippen LogP contribution < -0.4 is 21.5 Å². The van der Waals surface area contributed by atoms with Crippen LogP contribution in [0.15, 0.2) is 26.6 Å². The quantitative estimate of drug-likeness (QED) is 0.420. The highest BCUT2D eigenvalue weighted by Gasteiger charge is 2.33. The van der Waals surface area contributed by atoms with Crippen LogP contribution in [0, 0.1) is 0 Å². The van der Waals surface area contributed by atoms with Gasteiger partial charge < -0.3 is 20.5 Å². The smallest absolute Gasteiger partial charge is 0.253 e. The summed E-state index contributed by atoms with van der Waals surface area (Å²) in [6, 6.07) is 2.76. The molecule has 2 saturated heterocycles. The van der Waals surface area contributed by atoms with Gasteiger partial charge in [0.05, 0.1) is 23.9 Å². The van der Waals surface area contributed by atoms with Gasteiger partial charge in [-0.15, -0.1) is 0 Å². The normalized spacial score (nSPS) is 20.5. The molecular formula is C18H20ClN3O6S2. The molecule has 1 atom stereocenters. The van der Waals surface area contributed by atoms with Gasteiger partial charge in [0.15, 0.2) is 5.75 Å². The molecule has 4 rings (SSSR count). The van der Waals surface area contributed by atoms with Crippen LogP contribution >= 0.6 is 23.4 Å². The van der Waals surface area contributed by atoms with Crippen molar-refractivity contribution in [1.82, 2.24) is 4.31 Å². The number of morpholine rings is 1. The van der Waals surface area contributed by atoms with Crippen LogP contribution in [0.2, 0.25) is 5.02 Å². The molecule has 2 aliphatic rings. The van der Waals surface area contributed by atoms with Crippen LogP contribution in [0.3, 0.4) is 0 Å². The second-order valence-electron chi connectivity index (χ2n) is 7.03. The summed E-state index contributed by atoms with van der Waals surface area (Å²) in [4.78, 5) is 23.7. The summed E-state index contributed by atoms with van der Waals surface area (Å²) in [5.41, 5.74) is -1.23. The number of anilines is 3. The van der Waals surface area contributed by atoms with E-state index in [0.29, 0.717) is 0 Å². The van der Waals surface area contributed by atoms with Crippen molar-refractivity contribution in [3.63, 3.8) is 0 Å². The van der Waals surface area contributed by atoms with Crippen LogP contribution in [0.4, 0.5) is 17.1 Å². The molecule has 9 nitrogen and oxygen atoms in total. The van der Waals surface area contributed by atoms with Gasteiger partial charge in [0, 0.05) is 24.9 Å². The first-order valence-electron chi connectivity index (χ1n) is 9.34. The molecule has 0 radical (unpaired) electrons. The maximum Gasteiger partial charge on any atom is 0.253 e. The Bertz CT molecular complexity index is 1130. The first-order chi connectivity index (χ1) is 14.3. The van der Waals surface area contributed by atoms with Crippen molar-refractivity contribution < 1.29 is 18.3 Å². The Kier molecular flexibility index (Phi) is 5.99. The minimum Gasteiger partial charge on any atom is -0.504 e. The third-order valence-corrected chi connectivity index (χ3v) is 8.66. The molecule has 2 aromatic rings. The monoisotopic (exact) mass is 473 g/mol. The number of aromatic hydroxyl groups is 1. The number of benzene rings is 1. The molecule has 2 aromatic carbocycles. The van der Waals surface area contributed by atoms with Crippen molar-refractivity contribution in [2.75, 3.05) is 48.4 Å². The number of hydrogen-bond donors (Lipinski definition) is 3. The number of nitrogens with one attached hydrogen (secondary N) is 2. The summed E-state index contributed by atoms with van der Waals surface area (Å²) in [5, 5.41) is 16.3. The fourth-order valence-electron chi connectivity index (χ4n) is 3.44. The highest BCUT2D eigenvalue weighted by molar-refractivity contribution is 7.99. The van der Waals surface area contributed by atoms with E-state index in [0.717, 1.165) is 17.9 Å². The predicted molar refractivity (Wildman–Crippen MR) is 117 cm³/mol. The van der Waals surface area contributed by atoms with Crippen LogP contribution in [0.5, 0.6) is 5.75 Å². The van der Waals surface area contributed by atoms with Crippen molar-refractivity contribution in [1.29, 1.82) is 0 Å². The Balaban J connectivity index is 1.66. The summed E-state index contributed by atoms with van der Waals surface area (Å²) in [5.74, 6) is 1.19. The van der Waals surface area contributed by atoms with Crippen molar-refractivity contribution >= 4 is 50.4 Å². The van der Waals surface area contributed by atoms with Crippen molar-refractivity contribution in [3.8, 4) is 5.75 Å². The zero-order valence-corrected chi connectivity index (χ0v) is 18.2. The molecule has 0 amide bonds. The molecule has 2 heterocycles. The fraction of sp³-hybridized carbons (Fsp3) is 0.444. The van der Waals surface area contributed by atoms with Gasteiger partial charge in [0.25, 0.3) is 10.9 Å². The first kappa shape index (κ1) is 21.4. The third-order valence-electron chi connectivity index (χ3n) is 5.10. The summed E-state index contributed by atoms with van der Waals surface area (Å²) in [6.07, 6.45) is 0.872. The van der Waals surface area contributed by atoms with Crippen molar-refractivity contribution in [3.05, 3.63) is 37.6 Å². The van der Waals surface area contributed by atoms with E-state index in [4.69, 9.17) is 16.3 Å². The van der Waals surface area contributed by atoms with Crippen molar-refractivity contribution in [2.24, 2.45) is 0 Å². The summed E-state index contributed by atoms with van der Waals surface area (Å²) in [7, 11) is -4.08. The van der Waals surface area contributed by atoms with Gasteiger partial charge in [-0.2, -0.15) is 16.1 Å². The van der Waals surface area contributed by atoms with E-state index >= 15 is 0 Å². The maximum absolute atomic E-state index is 13.0. The van der Waals surface area contributed by atoms with Crippen LogP contribution in [0.25, 0.3) is 0 Å². The number of ether oxygens (including phenoxy) is 1. The summed E-state index contributed by atoms with van der Waals surface area (Å²) >= 11 is 7.86. The Morgan fingerprint density at radius 1 is 1.17 bits per heavy atom. The maximum atomic E-state index is 13.0. The second kappa shape index (κ2) is 8.39. The highest BCUT2D eigenvalue weighted by Crippen LogP contribution is 2.40. The number of rotatable bonds is 6. The van der Waals surface area contributed by atoms with E-state index in [-0.39, 0.29) is 54.4 Å². The number of phenolic OH excluding ortho intramolecular Hbond substituents is 1. The minimum atomic E-state index is -4.08. The Morgan fingerprint density at radius 3 is 2.53 bits per heavy atom. The number of nitrogens with zero attached hydrogens (tertiary/aromatic N) is 1. The summed E-state index contributed by atoms with van der Waals surface area (Å²) < 4.78 is 32.4. The third kappa shape index (κ3) is 3.80. The van der Waals surface area contributed by atoms with E-state index in [1.54, 1.807) is 11.8 Å². The molecule has 0 saturated carbocycles. The zero-order chi connectivity index (χ0) is 21.5. The number of sulfonamides is 1. The fourth-order valence-corrected chi connectivity index (χ4v) is 6.60. The number of phenols is 1. The molecule has 2 fully saturated rings. The average Bonchev–Trinajstić information content (AvgIpc) is 3.25. The molecule has 2 aliphatic heterocycles. The van der Waals surface area contributed by atoms with Gasteiger partial charge in [0.2, 0.25) is 10.0 Å². The standard InChI is InChI=1S/C18H20ClN3O6S2/c19-11-1-2-12(15(23)18(11)30(26,27)22-4-6-28-7-5-22)21-14-13(16(24)17(14)25)20-10-3-8-29-9-10/h1-2,10,20-21,23H,3-9H2. The van der Waals surface area contributed by atoms with Gasteiger partial charge in [-0.3, -0.25) is 9.59 Å². The van der Waals surface area contributed by atoms with E-state index in [9.17, 15) is 23.1 Å². The highest BCUT2D eigenvalue weighted by atomic mass is 35.5. The lowest BCUT2D eigenvalue weighted by molar-refractivity contribution is 0.0729. The van der Waals surface area contributed by atoms with Gasteiger partial charge in [-0.1, -0.05) is 11.6 Å². The molecule has 3 N–H and O–H groups in total. The lowest BCUT2D eigenvalue weighted by atomic mass is 10.1. The number of hydrogen-bond acceptors (Lipinski definition) is 9. The molecular weight excluding hydrogens is 454 g/mol. The van der Waals surface area contributed by atoms with Gasteiger partial charge in [0.1, 0.15) is 16.3 Å². The van der Waals surface area contributed by atoms with Crippen LogP contribution in [-0.4, -0.2) is 61.7 Å². The van der Waals surface area contributed by atoms with E-state index in [1.165, 1.54) is 16.4 Å². The molecule has 0 spiro atoms. The SMILES string of the molecule is O=c1c(Nc2ccc(Cl)c(S(=O)(=O)N3CCOCC3)c2O)c(NC2CCSC2)c1=O. The minimum absolute atomic E-state index is 0.00393. The number of halogens is 1. The van der Waals surface area contributed by atoms with Crippen molar-refractivity contribution in [2.45, 2.75) is 17.4 Å². The molecule has 30 heavy (non-hydrogen) atoms. The van der Waals surface area contributed by atoms with E-state index in [2.05, 4.69) is 10.6 Å². The summed E-state index contributed by atoms with van der Waals surface area (Å²) in [6.45, 7) is 0.768. The molecule has 1 unspecified atom stereocenters. The van der Waals surface area contributed by atoms with Crippen LogP contribution in [-0.2, 0) is 14.8 Å². The van der Waals surface area contributed by atoms with Gasteiger partial charge in [-0.25, -0.2) is 8.42 Å². The average molecular weight is 474 g/mol. The zero-order valence-electron chi connectivity index (χ0n) is 15.8. The molecule has 0 aromatic heterocycles. The Hall–Kier alpha value is -1.79. The van der Waals surface area contributed by atoms with E-state index in [1.807, 2.05) is 0 Å². The molecule has 162 valence electrons. The van der Waals surface area contributed by atoms with E-state index < -0.39 is 31.5 Å². The lowest BCUT2D eigenvalue weighted by Crippen LogP contribution is -2.40. The van der Waals surface area contributed by atoms with Crippen LogP contribution in [0.1, 0.15) is 6.42 Å².